The average Bonchev–Trinajstić information content (AvgIpc) is 3.18. The van der Waals surface area contributed by atoms with Crippen molar-refractivity contribution in [3.8, 4) is 0 Å². The highest BCUT2D eigenvalue weighted by molar-refractivity contribution is 6.31. The summed E-state index contributed by atoms with van der Waals surface area (Å²) in [7, 11) is 0. The van der Waals surface area contributed by atoms with Crippen molar-refractivity contribution in [2.24, 2.45) is 5.92 Å². The zero-order valence-electron chi connectivity index (χ0n) is 12.1. The van der Waals surface area contributed by atoms with Gasteiger partial charge in [0.1, 0.15) is 12.2 Å². The van der Waals surface area contributed by atoms with E-state index in [1.54, 1.807) is 0 Å². The Morgan fingerprint density at radius 1 is 1.39 bits per heavy atom. The minimum absolute atomic E-state index is 0.0531. The number of benzene rings is 1. The number of carboxylic acid groups (broad SMARTS) is 1. The van der Waals surface area contributed by atoms with Crippen LogP contribution in [0.25, 0.3) is 0 Å². The summed E-state index contributed by atoms with van der Waals surface area (Å²) >= 11 is 6.15. The second-order valence-electron chi connectivity index (χ2n) is 5.49. The first kappa shape index (κ1) is 15.5. The predicted octanol–water partition coefficient (Wildman–Crippen LogP) is 1.44. The van der Waals surface area contributed by atoms with Crippen molar-refractivity contribution in [3.63, 3.8) is 0 Å². The Morgan fingerprint density at radius 2 is 2.17 bits per heavy atom. The molecule has 1 heterocycles. The van der Waals surface area contributed by atoms with Crippen LogP contribution in [0, 0.1) is 5.92 Å². The molecule has 1 aliphatic rings. The Hall–Kier alpha value is -2.41. The van der Waals surface area contributed by atoms with E-state index in [0.29, 0.717) is 10.7 Å². The summed E-state index contributed by atoms with van der Waals surface area (Å²) in [6, 6.07) is 7.54. The molecule has 7 nitrogen and oxygen atoms in total. The fourth-order valence-electron chi connectivity index (χ4n) is 2.55. The molecule has 0 bridgehead atoms. The molecule has 1 aliphatic carbocycles. The van der Waals surface area contributed by atoms with Gasteiger partial charge in [-0.15, -0.1) is 5.10 Å². The van der Waals surface area contributed by atoms with Crippen LogP contribution >= 0.6 is 11.6 Å². The summed E-state index contributed by atoms with van der Waals surface area (Å²) < 4.78 is 1.22. The Balaban J connectivity index is 1.52. The molecule has 2 aromatic rings. The van der Waals surface area contributed by atoms with Gasteiger partial charge in [0.2, 0.25) is 5.91 Å². The molecule has 2 unspecified atom stereocenters. The van der Waals surface area contributed by atoms with Gasteiger partial charge in [-0.05, 0) is 24.0 Å². The van der Waals surface area contributed by atoms with Crippen molar-refractivity contribution >= 4 is 23.5 Å². The third-order valence-corrected chi connectivity index (χ3v) is 4.10. The Kier molecular flexibility index (Phi) is 4.29. The third kappa shape index (κ3) is 3.68. The number of nitrogens with zero attached hydrogens (tertiary/aromatic N) is 3. The van der Waals surface area contributed by atoms with Crippen molar-refractivity contribution in [3.05, 3.63) is 46.7 Å². The Bertz CT molecular complexity index is 746. The van der Waals surface area contributed by atoms with Gasteiger partial charge in [0.05, 0.1) is 12.7 Å². The van der Waals surface area contributed by atoms with E-state index in [2.05, 4.69) is 15.6 Å². The van der Waals surface area contributed by atoms with Gasteiger partial charge in [-0.25, -0.2) is 4.68 Å². The maximum absolute atomic E-state index is 12.2. The molecule has 23 heavy (non-hydrogen) atoms. The number of carbonyl (C=O) groups is 2. The summed E-state index contributed by atoms with van der Waals surface area (Å²) in [6.07, 6.45) is 2.29. The predicted molar refractivity (Wildman–Crippen MR) is 81.8 cm³/mol. The number of carbonyl (C=O) groups excluding carboxylic acids is 1. The Morgan fingerprint density at radius 3 is 2.91 bits per heavy atom. The van der Waals surface area contributed by atoms with E-state index in [9.17, 15) is 9.59 Å². The number of amides is 1. The van der Waals surface area contributed by atoms with Crippen LogP contribution in [0.3, 0.4) is 0 Å². The van der Waals surface area contributed by atoms with E-state index in [1.165, 1.54) is 10.9 Å². The average molecular weight is 335 g/mol. The zero-order chi connectivity index (χ0) is 16.4. The van der Waals surface area contributed by atoms with Gasteiger partial charge in [0.25, 0.3) is 0 Å². The molecule has 8 heteroatoms. The molecule has 0 saturated heterocycles. The van der Waals surface area contributed by atoms with Crippen molar-refractivity contribution in [2.75, 3.05) is 0 Å². The summed E-state index contributed by atoms with van der Waals surface area (Å²) in [4.78, 5) is 22.7. The van der Waals surface area contributed by atoms with Crippen molar-refractivity contribution < 1.29 is 14.7 Å². The first-order valence-electron chi connectivity index (χ1n) is 7.17. The van der Waals surface area contributed by atoms with E-state index in [-0.39, 0.29) is 30.8 Å². The second-order valence-corrected chi connectivity index (χ2v) is 5.90. The van der Waals surface area contributed by atoms with E-state index in [1.807, 2.05) is 24.3 Å². The van der Waals surface area contributed by atoms with Crippen LogP contribution in [0.2, 0.25) is 5.02 Å². The van der Waals surface area contributed by atoms with Crippen LogP contribution in [0.5, 0.6) is 0 Å². The lowest BCUT2D eigenvalue weighted by molar-refractivity contribution is -0.138. The van der Waals surface area contributed by atoms with Crippen LogP contribution in [0.15, 0.2) is 30.5 Å². The van der Waals surface area contributed by atoms with Gasteiger partial charge < -0.3 is 10.4 Å². The number of rotatable bonds is 6. The molecule has 1 amide bonds. The maximum Gasteiger partial charge on any atom is 0.325 e. The summed E-state index contributed by atoms with van der Waals surface area (Å²) in [6.45, 7) is -0.0255. The minimum atomic E-state index is -0.994. The standard InChI is InChI=1S/C15H15ClN4O3/c16-13-4-2-1-3-10(13)11-5-12(11)15(23)17-6-9-7-20(19-18-9)8-14(21)22/h1-4,7,11-12H,5-6,8H2,(H,17,23)(H,21,22). The summed E-state index contributed by atoms with van der Waals surface area (Å²) in [5, 5.41) is 19.7. The molecular weight excluding hydrogens is 320 g/mol. The second kappa shape index (κ2) is 6.37. The number of hydrogen-bond donors (Lipinski definition) is 2. The maximum atomic E-state index is 12.2. The molecule has 3 rings (SSSR count). The highest BCUT2D eigenvalue weighted by Gasteiger charge is 2.44. The highest BCUT2D eigenvalue weighted by atomic mass is 35.5. The van der Waals surface area contributed by atoms with Gasteiger partial charge in [0.15, 0.2) is 0 Å². The molecule has 2 atom stereocenters. The molecule has 0 aliphatic heterocycles. The molecule has 1 aromatic carbocycles. The monoisotopic (exact) mass is 334 g/mol. The van der Waals surface area contributed by atoms with Crippen LogP contribution in [0.4, 0.5) is 0 Å². The number of nitrogens with one attached hydrogen (secondary N) is 1. The molecule has 1 saturated carbocycles. The minimum Gasteiger partial charge on any atom is -0.480 e. The molecule has 2 N–H and O–H groups in total. The van der Waals surface area contributed by atoms with Gasteiger partial charge in [-0.3, -0.25) is 9.59 Å². The fourth-order valence-corrected chi connectivity index (χ4v) is 2.82. The van der Waals surface area contributed by atoms with E-state index < -0.39 is 5.97 Å². The lowest BCUT2D eigenvalue weighted by Gasteiger charge is -2.04. The lowest BCUT2D eigenvalue weighted by Crippen LogP contribution is -2.25. The normalized spacial score (nSPS) is 19.3. The SMILES string of the molecule is O=C(O)Cn1cc(CNC(=O)C2CC2c2ccccc2Cl)nn1. The fraction of sp³-hybridized carbons (Fsp3) is 0.333. The Labute approximate surface area is 137 Å². The van der Waals surface area contributed by atoms with Gasteiger partial charge in [-0.2, -0.15) is 0 Å². The van der Waals surface area contributed by atoms with E-state index in [0.717, 1.165) is 12.0 Å². The van der Waals surface area contributed by atoms with Crippen LogP contribution in [-0.4, -0.2) is 32.0 Å². The quantitative estimate of drug-likeness (QED) is 0.833. The molecular formula is C15H15ClN4O3. The number of halogens is 1. The van der Waals surface area contributed by atoms with Gasteiger partial charge >= 0.3 is 5.97 Å². The van der Waals surface area contributed by atoms with E-state index in [4.69, 9.17) is 16.7 Å². The molecule has 0 radical (unpaired) electrons. The van der Waals surface area contributed by atoms with Crippen LogP contribution in [-0.2, 0) is 22.7 Å². The topological polar surface area (TPSA) is 97.1 Å². The van der Waals surface area contributed by atoms with Gasteiger partial charge in [0, 0.05) is 10.9 Å². The number of carboxylic acids is 1. The molecule has 0 spiro atoms. The smallest absolute Gasteiger partial charge is 0.325 e. The molecule has 1 fully saturated rings. The summed E-state index contributed by atoms with van der Waals surface area (Å²) in [5.41, 5.74) is 1.52. The van der Waals surface area contributed by atoms with Crippen LogP contribution < -0.4 is 5.32 Å². The number of aromatic nitrogens is 3. The van der Waals surface area contributed by atoms with Crippen LogP contribution in [0.1, 0.15) is 23.6 Å². The first-order valence-corrected chi connectivity index (χ1v) is 7.55. The summed E-state index contributed by atoms with van der Waals surface area (Å²) in [5.74, 6) is -0.968. The molecule has 120 valence electrons. The van der Waals surface area contributed by atoms with Crippen molar-refractivity contribution in [2.45, 2.75) is 25.4 Å². The zero-order valence-corrected chi connectivity index (χ0v) is 12.9. The largest absolute Gasteiger partial charge is 0.480 e. The third-order valence-electron chi connectivity index (χ3n) is 3.76. The number of aliphatic carboxylic acids is 1. The highest BCUT2D eigenvalue weighted by Crippen LogP contribution is 2.49. The first-order chi connectivity index (χ1) is 11.0. The lowest BCUT2D eigenvalue weighted by atomic mass is 10.1. The molecule has 1 aromatic heterocycles. The van der Waals surface area contributed by atoms with Gasteiger partial charge in [-0.1, -0.05) is 35.0 Å². The van der Waals surface area contributed by atoms with E-state index >= 15 is 0 Å². The number of hydrogen-bond acceptors (Lipinski definition) is 4. The van der Waals surface area contributed by atoms with Crippen molar-refractivity contribution in [1.29, 1.82) is 0 Å². The van der Waals surface area contributed by atoms with Crippen molar-refractivity contribution in [1.82, 2.24) is 20.3 Å².